The van der Waals surface area contributed by atoms with Crippen molar-refractivity contribution >= 4 is 33.2 Å². The molecule has 0 aromatic heterocycles. The first kappa shape index (κ1) is 27.3. The van der Waals surface area contributed by atoms with Gasteiger partial charge in [0.05, 0.1) is 34.3 Å². The van der Waals surface area contributed by atoms with Crippen molar-refractivity contribution < 1.29 is 31.1 Å². The zero-order chi connectivity index (χ0) is 26.5. The summed E-state index contributed by atoms with van der Waals surface area (Å²) in [5, 5.41) is 2.51. The SMILES string of the molecule is CC[C@H](NC(=O)CN(c1cc(C(F)(F)F)ccc1Cl)S(=O)(=O)c1ccccc1)c1ccc(OC)cc1. The summed E-state index contributed by atoms with van der Waals surface area (Å²) in [6, 6.07) is 15.9. The van der Waals surface area contributed by atoms with Crippen LogP contribution in [0.25, 0.3) is 0 Å². The first-order valence-electron chi connectivity index (χ1n) is 10.8. The first-order valence-corrected chi connectivity index (χ1v) is 12.7. The second-order valence-electron chi connectivity index (χ2n) is 7.79. The zero-order valence-corrected chi connectivity index (χ0v) is 21.0. The van der Waals surface area contributed by atoms with E-state index in [1.165, 1.54) is 31.4 Å². The Morgan fingerprint density at radius 3 is 2.25 bits per heavy atom. The molecule has 11 heteroatoms. The Kier molecular flexibility index (Phi) is 8.52. The Balaban J connectivity index is 1.99. The van der Waals surface area contributed by atoms with Gasteiger partial charge in [-0.1, -0.05) is 48.9 Å². The highest BCUT2D eigenvalue weighted by Gasteiger charge is 2.34. The van der Waals surface area contributed by atoms with Crippen LogP contribution in [0, 0.1) is 0 Å². The molecule has 3 aromatic carbocycles. The Bertz CT molecular complexity index is 1300. The number of carbonyl (C=O) groups excluding carboxylic acids is 1. The van der Waals surface area contributed by atoms with Gasteiger partial charge in [-0.3, -0.25) is 9.10 Å². The van der Waals surface area contributed by atoms with E-state index in [0.29, 0.717) is 22.5 Å². The maximum absolute atomic E-state index is 13.5. The van der Waals surface area contributed by atoms with Gasteiger partial charge in [0, 0.05) is 0 Å². The molecule has 0 aliphatic heterocycles. The Morgan fingerprint density at radius 1 is 1.06 bits per heavy atom. The van der Waals surface area contributed by atoms with Crippen molar-refractivity contribution in [3.63, 3.8) is 0 Å². The molecular weight excluding hydrogens is 517 g/mol. The van der Waals surface area contributed by atoms with Crippen molar-refractivity contribution in [2.45, 2.75) is 30.5 Å². The topological polar surface area (TPSA) is 75.7 Å². The molecule has 0 radical (unpaired) electrons. The number of benzene rings is 3. The number of hydrogen-bond acceptors (Lipinski definition) is 4. The van der Waals surface area contributed by atoms with Gasteiger partial charge in [-0.05, 0) is 54.4 Å². The molecule has 1 atom stereocenters. The Hall–Kier alpha value is -3.24. The number of methoxy groups -OCH3 is 1. The largest absolute Gasteiger partial charge is 0.497 e. The van der Waals surface area contributed by atoms with Crippen LogP contribution in [0.2, 0.25) is 5.02 Å². The molecular formula is C25H24ClF3N2O4S. The highest BCUT2D eigenvalue weighted by Crippen LogP contribution is 2.37. The van der Waals surface area contributed by atoms with E-state index in [1.807, 2.05) is 6.92 Å². The summed E-state index contributed by atoms with van der Waals surface area (Å²) in [5.74, 6) is -0.0927. The monoisotopic (exact) mass is 540 g/mol. The molecule has 1 amide bonds. The number of nitrogens with one attached hydrogen (secondary N) is 1. The number of amides is 1. The maximum Gasteiger partial charge on any atom is 0.416 e. The van der Waals surface area contributed by atoms with Crippen LogP contribution in [0.5, 0.6) is 5.75 Å². The lowest BCUT2D eigenvalue weighted by Gasteiger charge is -2.27. The minimum Gasteiger partial charge on any atom is -0.497 e. The van der Waals surface area contributed by atoms with E-state index in [4.69, 9.17) is 16.3 Å². The van der Waals surface area contributed by atoms with Crippen LogP contribution in [-0.2, 0) is 21.0 Å². The van der Waals surface area contributed by atoms with E-state index in [0.717, 1.165) is 17.7 Å². The molecule has 1 N–H and O–H groups in total. The number of rotatable bonds is 9. The molecule has 0 unspecified atom stereocenters. The van der Waals surface area contributed by atoms with E-state index in [-0.39, 0.29) is 9.92 Å². The van der Waals surface area contributed by atoms with Crippen LogP contribution < -0.4 is 14.4 Å². The van der Waals surface area contributed by atoms with Gasteiger partial charge in [-0.2, -0.15) is 13.2 Å². The summed E-state index contributed by atoms with van der Waals surface area (Å²) in [4.78, 5) is 12.9. The molecule has 0 heterocycles. The van der Waals surface area contributed by atoms with Crippen molar-refractivity contribution in [3.8, 4) is 5.75 Å². The molecule has 0 saturated carbocycles. The minimum absolute atomic E-state index is 0.200. The quantitative estimate of drug-likeness (QED) is 0.370. The molecule has 3 aromatic rings. The Labute approximate surface area is 212 Å². The van der Waals surface area contributed by atoms with Gasteiger partial charge in [-0.15, -0.1) is 0 Å². The fourth-order valence-electron chi connectivity index (χ4n) is 3.53. The molecule has 0 fully saturated rings. The van der Waals surface area contributed by atoms with Gasteiger partial charge in [0.2, 0.25) is 5.91 Å². The van der Waals surface area contributed by atoms with Crippen molar-refractivity contribution in [3.05, 3.63) is 88.9 Å². The van der Waals surface area contributed by atoms with E-state index in [2.05, 4.69) is 5.32 Å². The molecule has 0 aliphatic rings. The average molecular weight is 541 g/mol. The average Bonchev–Trinajstić information content (AvgIpc) is 2.86. The summed E-state index contributed by atoms with van der Waals surface area (Å²) < 4.78 is 72.9. The molecule has 3 rings (SSSR count). The van der Waals surface area contributed by atoms with Crippen LogP contribution >= 0.6 is 11.6 Å². The van der Waals surface area contributed by atoms with E-state index < -0.39 is 45.9 Å². The van der Waals surface area contributed by atoms with E-state index >= 15 is 0 Å². The molecule has 6 nitrogen and oxygen atoms in total. The lowest BCUT2D eigenvalue weighted by molar-refractivity contribution is -0.137. The minimum atomic E-state index is -4.74. The molecule has 0 aliphatic carbocycles. The summed E-state index contributed by atoms with van der Waals surface area (Å²) >= 11 is 6.16. The van der Waals surface area contributed by atoms with E-state index in [1.54, 1.807) is 30.3 Å². The predicted octanol–water partition coefficient (Wildman–Crippen LogP) is 5.83. The lowest BCUT2D eigenvalue weighted by atomic mass is 10.0. The van der Waals surface area contributed by atoms with Gasteiger partial charge >= 0.3 is 6.18 Å². The number of halogens is 4. The fraction of sp³-hybridized carbons (Fsp3) is 0.240. The standard InChI is InChI=1S/C25H24ClF3N2O4S/c1-3-22(17-9-12-19(35-2)13-10-17)30-24(32)16-31(36(33,34)20-7-5-4-6-8-20)23-15-18(25(27,28)29)11-14-21(23)26/h4-15,22H,3,16H2,1-2H3,(H,30,32)/t22-/m0/s1. The third-order valence-electron chi connectivity index (χ3n) is 5.42. The Morgan fingerprint density at radius 2 is 1.69 bits per heavy atom. The molecule has 0 spiro atoms. The molecule has 0 saturated heterocycles. The van der Waals surface area contributed by atoms with Gasteiger partial charge in [-0.25, -0.2) is 8.42 Å². The van der Waals surface area contributed by atoms with Gasteiger partial charge in [0.1, 0.15) is 12.3 Å². The smallest absolute Gasteiger partial charge is 0.416 e. The van der Waals surface area contributed by atoms with Gasteiger partial charge < -0.3 is 10.1 Å². The first-order chi connectivity index (χ1) is 17.0. The third-order valence-corrected chi connectivity index (χ3v) is 7.52. The molecule has 192 valence electrons. The van der Waals surface area contributed by atoms with Crippen LogP contribution in [0.3, 0.4) is 0 Å². The number of ether oxygens (including phenoxy) is 1. The molecule has 0 bridgehead atoms. The van der Waals surface area contributed by atoms with Gasteiger partial charge in [0.25, 0.3) is 10.0 Å². The van der Waals surface area contributed by atoms with Crippen LogP contribution in [0.1, 0.15) is 30.5 Å². The number of anilines is 1. The predicted molar refractivity (Wildman–Crippen MR) is 132 cm³/mol. The highest BCUT2D eigenvalue weighted by molar-refractivity contribution is 7.92. The van der Waals surface area contributed by atoms with Crippen molar-refractivity contribution in [2.75, 3.05) is 18.0 Å². The maximum atomic E-state index is 13.5. The summed E-state index contributed by atoms with van der Waals surface area (Å²) in [6.07, 6.45) is -4.26. The fourth-order valence-corrected chi connectivity index (χ4v) is 5.25. The van der Waals surface area contributed by atoms with Crippen LogP contribution in [-0.4, -0.2) is 28.0 Å². The number of hydrogen-bond donors (Lipinski definition) is 1. The number of carbonyl (C=O) groups is 1. The number of nitrogens with zero attached hydrogens (tertiary/aromatic N) is 1. The summed E-state index contributed by atoms with van der Waals surface area (Å²) in [5.41, 5.74) is -0.801. The second-order valence-corrected chi connectivity index (χ2v) is 10.1. The molecule has 36 heavy (non-hydrogen) atoms. The summed E-state index contributed by atoms with van der Waals surface area (Å²) in [7, 11) is -2.92. The van der Waals surface area contributed by atoms with Crippen molar-refractivity contribution in [1.29, 1.82) is 0 Å². The highest BCUT2D eigenvalue weighted by atomic mass is 35.5. The van der Waals surface area contributed by atoms with Crippen molar-refractivity contribution in [2.24, 2.45) is 0 Å². The second kappa shape index (κ2) is 11.2. The van der Waals surface area contributed by atoms with E-state index in [9.17, 15) is 26.4 Å². The number of sulfonamides is 1. The van der Waals surface area contributed by atoms with Gasteiger partial charge in [0.15, 0.2) is 0 Å². The van der Waals surface area contributed by atoms with Crippen LogP contribution in [0.4, 0.5) is 18.9 Å². The number of alkyl halides is 3. The zero-order valence-electron chi connectivity index (χ0n) is 19.4. The summed E-state index contributed by atoms with van der Waals surface area (Å²) in [6.45, 7) is 1.04. The third kappa shape index (κ3) is 6.30. The lowest BCUT2D eigenvalue weighted by Crippen LogP contribution is -2.42. The van der Waals surface area contributed by atoms with Crippen molar-refractivity contribution in [1.82, 2.24) is 5.32 Å². The van der Waals surface area contributed by atoms with Crippen LogP contribution in [0.15, 0.2) is 77.7 Å². The normalized spacial score (nSPS) is 12.6.